The number of thioether (sulfide) groups is 1. The van der Waals surface area contributed by atoms with Gasteiger partial charge in [-0.05, 0) is 36.4 Å². The average Bonchev–Trinajstić information content (AvgIpc) is 3.40. The minimum Gasteiger partial charge on any atom is -0.416 e. The van der Waals surface area contributed by atoms with E-state index in [1.807, 2.05) is 12.1 Å². The van der Waals surface area contributed by atoms with Gasteiger partial charge in [-0.15, -0.1) is 10.2 Å². The molecule has 0 aliphatic heterocycles. The maximum atomic E-state index is 12.1. The van der Waals surface area contributed by atoms with E-state index in [9.17, 15) is 4.79 Å². The van der Waals surface area contributed by atoms with Crippen LogP contribution < -0.4 is 5.32 Å². The van der Waals surface area contributed by atoms with E-state index in [1.165, 1.54) is 33.6 Å². The van der Waals surface area contributed by atoms with Crippen LogP contribution in [-0.2, 0) is 17.8 Å². The van der Waals surface area contributed by atoms with E-state index in [4.69, 9.17) is 16.0 Å². The van der Waals surface area contributed by atoms with Gasteiger partial charge < -0.3 is 14.3 Å². The molecule has 2 heterocycles. The number of fused-ring (bicyclic) bond motifs is 3. The molecule has 8 heteroatoms. The van der Waals surface area contributed by atoms with E-state index in [2.05, 4.69) is 56.5 Å². The molecule has 3 aromatic carbocycles. The summed E-state index contributed by atoms with van der Waals surface area (Å²) >= 11 is 7.08. The highest BCUT2D eigenvalue weighted by molar-refractivity contribution is 7.99. The summed E-state index contributed by atoms with van der Waals surface area (Å²) in [7, 11) is 0. The van der Waals surface area contributed by atoms with Crippen molar-refractivity contribution in [2.24, 2.45) is 0 Å². The van der Waals surface area contributed by atoms with Crippen molar-refractivity contribution >= 4 is 56.8 Å². The minimum atomic E-state index is -0.151. The number of para-hydroxylation sites is 2. The van der Waals surface area contributed by atoms with E-state index in [1.54, 1.807) is 24.3 Å². The molecule has 32 heavy (non-hydrogen) atoms. The molecule has 0 fully saturated rings. The molecule has 0 aliphatic carbocycles. The Morgan fingerprint density at radius 3 is 2.28 bits per heavy atom. The molecule has 5 aromatic rings. The lowest BCUT2D eigenvalue weighted by atomic mass is 10.2. The van der Waals surface area contributed by atoms with Crippen LogP contribution in [0.5, 0.6) is 0 Å². The predicted molar refractivity (Wildman–Crippen MR) is 128 cm³/mol. The summed E-state index contributed by atoms with van der Waals surface area (Å²) in [5.41, 5.74) is 3.06. The normalized spacial score (nSPS) is 11.3. The molecule has 0 saturated heterocycles. The molecule has 1 N–H and O–H groups in total. The van der Waals surface area contributed by atoms with Gasteiger partial charge in [-0.2, -0.15) is 0 Å². The van der Waals surface area contributed by atoms with Crippen LogP contribution in [0.4, 0.5) is 5.69 Å². The monoisotopic (exact) mass is 462 g/mol. The fraction of sp³-hybridized carbons (Fsp3) is 0.125. The summed E-state index contributed by atoms with van der Waals surface area (Å²) in [5.74, 6) is 0.576. The summed E-state index contributed by atoms with van der Waals surface area (Å²) in [6, 6.07) is 23.7. The van der Waals surface area contributed by atoms with Crippen molar-refractivity contribution in [2.75, 3.05) is 11.1 Å². The molecule has 0 radical (unpaired) electrons. The Labute approximate surface area is 193 Å². The van der Waals surface area contributed by atoms with E-state index in [0.29, 0.717) is 28.2 Å². The first kappa shape index (κ1) is 20.6. The summed E-state index contributed by atoms with van der Waals surface area (Å²) in [6.07, 6.45) is 0.604. The lowest BCUT2D eigenvalue weighted by Gasteiger charge is -2.05. The Morgan fingerprint density at radius 2 is 1.59 bits per heavy atom. The van der Waals surface area contributed by atoms with Crippen molar-refractivity contribution in [3.05, 3.63) is 83.7 Å². The highest BCUT2D eigenvalue weighted by Crippen LogP contribution is 2.29. The number of nitrogens with zero attached hydrogens (tertiary/aromatic N) is 3. The number of halogens is 1. The molecule has 5 rings (SSSR count). The number of aryl methyl sites for hydroxylation is 2. The molecule has 2 aromatic heterocycles. The number of hydrogen-bond donors (Lipinski definition) is 1. The zero-order valence-corrected chi connectivity index (χ0v) is 18.6. The maximum Gasteiger partial charge on any atom is 0.277 e. The summed E-state index contributed by atoms with van der Waals surface area (Å²) < 4.78 is 8.03. The molecule has 0 spiro atoms. The second kappa shape index (κ2) is 9.06. The van der Waals surface area contributed by atoms with Crippen molar-refractivity contribution in [1.29, 1.82) is 0 Å². The quantitative estimate of drug-likeness (QED) is 0.309. The lowest BCUT2D eigenvalue weighted by Crippen LogP contribution is -2.13. The molecule has 6 nitrogen and oxygen atoms in total. The van der Waals surface area contributed by atoms with Crippen LogP contribution in [0.25, 0.3) is 21.8 Å². The SMILES string of the molecule is O=C(CSc1nnc(CCn2c3ccccc3c3ccccc32)o1)Nc1ccc(Cl)cc1. The molecular weight excluding hydrogens is 444 g/mol. The Morgan fingerprint density at radius 1 is 0.938 bits per heavy atom. The van der Waals surface area contributed by atoms with Gasteiger partial charge in [0.1, 0.15) is 0 Å². The highest BCUT2D eigenvalue weighted by Gasteiger charge is 2.13. The van der Waals surface area contributed by atoms with Gasteiger partial charge in [0.2, 0.25) is 11.8 Å². The van der Waals surface area contributed by atoms with Crippen molar-refractivity contribution in [3.8, 4) is 0 Å². The smallest absolute Gasteiger partial charge is 0.277 e. The number of rotatable bonds is 7. The van der Waals surface area contributed by atoms with Gasteiger partial charge >= 0.3 is 0 Å². The molecule has 1 amide bonds. The van der Waals surface area contributed by atoms with Crippen molar-refractivity contribution in [3.63, 3.8) is 0 Å². The molecule has 160 valence electrons. The number of amides is 1. The maximum absolute atomic E-state index is 12.1. The van der Waals surface area contributed by atoms with Crippen molar-refractivity contribution < 1.29 is 9.21 Å². The van der Waals surface area contributed by atoms with Crippen molar-refractivity contribution in [1.82, 2.24) is 14.8 Å². The average molecular weight is 463 g/mol. The van der Waals surface area contributed by atoms with Gasteiger partial charge in [0.15, 0.2) is 0 Å². The third kappa shape index (κ3) is 4.35. The topological polar surface area (TPSA) is 73.0 Å². The van der Waals surface area contributed by atoms with Crippen molar-refractivity contribution in [2.45, 2.75) is 18.2 Å². The Kier molecular flexibility index (Phi) is 5.83. The fourth-order valence-electron chi connectivity index (χ4n) is 3.71. The Balaban J connectivity index is 1.22. The predicted octanol–water partition coefficient (Wildman–Crippen LogP) is 5.80. The molecule has 0 unspecified atom stereocenters. The van der Waals surface area contributed by atoms with Gasteiger partial charge in [0, 0.05) is 45.5 Å². The van der Waals surface area contributed by atoms with Crippen LogP contribution in [0.1, 0.15) is 5.89 Å². The van der Waals surface area contributed by atoms with E-state index >= 15 is 0 Å². The van der Waals surface area contributed by atoms with Gasteiger partial charge in [-0.3, -0.25) is 4.79 Å². The first-order chi connectivity index (χ1) is 15.7. The molecule has 0 saturated carbocycles. The second-order valence-corrected chi connectivity index (χ2v) is 8.60. The Hall–Kier alpha value is -3.29. The zero-order chi connectivity index (χ0) is 21.9. The van der Waals surface area contributed by atoms with Crippen LogP contribution >= 0.6 is 23.4 Å². The number of aromatic nitrogens is 3. The first-order valence-corrected chi connectivity index (χ1v) is 11.5. The highest BCUT2D eigenvalue weighted by atomic mass is 35.5. The van der Waals surface area contributed by atoms with E-state index in [0.717, 1.165) is 6.54 Å². The Bertz CT molecular complexity index is 1340. The minimum absolute atomic E-state index is 0.151. The second-order valence-electron chi connectivity index (χ2n) is 7.24. The zero-order valence-electron chi connectivity index (χ0n) is 17.0. The summed E-state index contributed by atoms with van der Waals surface area (Å²) in [4.78, 5) is 12.1. The number of hydrogen-bond acceptors (Lipinski definition) is 5. The van der Waals surface area contributed by atoms with Gasteiger partial charge in [0.05, 0.1) is 5.75 Å². The molecular formula is C24H19ClN4O2S. The third-order valence-corrected chi connectivity index (χ3v) is 6.20. The number of benzene rings is 3. The van der Waals surface area contributed by atoms with Gasteiger partial charge in [-0.25, -0.2) is 0 Å². The lowest BCUT2D eigenvalue weighted by molar-refractivity contribution is -0.113. The summed E-state index contributed by atoms with van der Waals surface area (Å²) in [6.45, 7) is 0.720. The van der Waals surface area contributed by atoms with E-state index in [-0.39, 0.29) is 11.7 Å². The summed E-state index contributed by atoms with van der Waals surface area (Å²) in [5, 5.41) is 14.5. The number of anilines is 1. The fourth-order valence-corrected chi connectivity index (χ4v) is 4.41. The van der Waals surface area contributed by atoms with E-state index < -0.39 is 0 Å². The molecule has 0 bridgehead atoms. The number of nitrogens with one attached hydrogen (secondary N) is 1. The van der Waals surface area contributed by atoms with Gasteiger partial charge in [0.25, 0.3) is 5.22 Å². The van der Waals surface area contributed by atoms with Crippen LogP contribution in [0.2, 0.25) is 5.02 Å². The molecule has 0 aliphatic rings. The van der Waals surface area contributed by atoms with Crippen LogP contribution in [0, 0.1) is 0 Å². The molecule has 0 atom stereocenters. The van der Waals surface area contributed by atoms with Crippen LogP contribution in [0.15, 0.2) is 82.4 Å². The third-order valence-electron chi connectivity index (χ3n) is 5.13. The van der Waals surface area contributed by atoms with Crippen LogP contribution in [-0.4, -0.2) is 26.4 Å². The standard InChI is InChI=1S/C24H19ClN4O2S/c25-16-9-11-17(12-10-16)26-22(30)15-32-24-28-27-23(31-24)13-14-29-20-7-3-1-5-18(20)19-6-2-4-8-21(19)29/h1-12H,13-15H2,(H,26,30). The largest absolute Gasteiger partial charge is 0.416 e. The van der Waals surface area contributed by atoms with Gasteiger partial charge in [-0.1, -0.05) is 59.8 Å². The van der Waals surface area contributed by atoms with Crippen LogP contribution in [0.3, 0.4) is 0 Å². The number of carbonyl (C=O) groups is 1. The number of carbonyl (C=O) groups excluding carboxylic acids is 1. The first-order valence-electron chi connectivity index (χ1n) is 10.1.